The van der Waals surface area contributed by atoms with E-state index in [1.165, 1.54) is 7.11 Å². The molecule has 1 fully saturated rings. The maximum Gasteiger partial charge on any atom is 0.311 e. The number of esters is 1. The molecule has 0 saturated heterocycles. The number of hydrogen-bond acceptors (Lipinski definition) is 3. The van der Waals surface area contributed by atoms with Gasteiger partial charge in [-0.05, 0) is 25.7 Å². The van der Waals surface area contributed by atoms with E-state index in [-0.39, 0.29) is 17.8 Å². The van der Waals surface area contributed by atoms with Gasteiger partial charge in [-0.25, -0.2) is 0 Å². The fraction of sp³-hybridized carbons (Fsp3) is 0.875. The second-order valence-corrected chi connectivity index (χ2v) is 5.99. The molecule has 0 heterocycles. The van der Waals surface area contributed by atoms with Crippen molar-refractivity contribution in [2.45, 2.75) is 77.0 Å². The van der Waals surface area contributed by atoms with E-state index >= 15 is 0 Å². The molecule has 0 aromatic heterocycles. The van der Waals surface area contributed by atoms with Gasteiger partial charge in [-0.2, -0.15) is 0 Å². The summed E-state index contributed by atoms with van der Waals surface area (Å²) in [6.45, 7) is 0. The van der Waals surface area contributed by atoms with Gasteiger partial charge in [0.15, 0.2) is 0 Å². The van der Waals surface area contributed by atoms with Crippen LogP contribution in [0, 0.1) is 5.41 Å². The zero-order valence-electron chi connectivity index (χ0n) is 12.7. The van der Waals surface area contributed by atoms with Crippen molar-refractivity contribution in [1.29, 1.82) is 0 Å². The van der Waals surface area contributed by atoms with Crippen molar-refractivity contribution in [2.24, 2.45) is 5.41 Å². The molecule has 4 heteroatoms. The Labute approximate surface area is 121 Å². The summed E-state index contributed by atoms with van der Waals surface area (Å²) in [6, 6.07) is 0. The molecule has 1 aliphatic rings. The van der Waals surface area contributed by atoms with E-state index in [0.29, 0.717) is 0 Å². The molecule has 0 radical (unpaired) electrons. The van der Waals surface area contributed by atoms with Crippen molar-refractivity contribution in [3.05, 3.63) is 0 Å². The first-order chi connectivity index (χ1) is 9.60. The highest BCUT2D eigenvalue weighted by Crippen LogP contribution is 2.43. The van der Waals surface area contributed by atoms with Crippen molar-refractivity contribution in [1.82, 2.24) is 0 Å². The van der Waals surface area contributed by atoms with E-state index in [1.54, 1.807) is 0 Å². The lowest BCUT2D eigenvalue weighted by atomic mass is 9.81. The molecule has 1 aliphatic carbocycles. The Morgan fingerprint density at radius 3 is 2.10 bits per heavy atom. The van der Waals surface area contributed by atoms with Gasteiger partial charge in [0.05, 0.1) is 12.5 Å². The molecule has 0 aliphatic heterocycles. The van der Waals surface area contributed by atoms with Gasteiger partial charge in [0.2, 0.25) is 0 Å². The molecule has 1 saturated carbocycles. The van der Waals surface area contributed by atoms with Crippen LogP contribution in [-0.4, -0.2) is 24.2 Å². The molecule has 116 valence electrons. The van der Waals surface area contributed by atoms with Crippen LogP contribution in [0.4, 0.5) is 0 Å². The molecular formula is C16H28O4. The predicted molar refractivity (Wildman–Crippen MR) is 77.5 cm³/mol. The standard InChI is InChI=1S/C16H28O4/c1-20-15(19)16(12-8-9-13-16)11-7-5-3-2-4-6-10-14(17)18/h2-13H2,1H3,(H,17,18). The average Bonchev–Trinajstić information content (AvgIpc) is 2.90. The van der Waals surface area contributed by atoms with E-state index < -0.39 is 5.97 Å². The minimum Gasteiger partial charge on any atom is -0.481 e. The van der Waals surface area contributed by atoms with Gasteiger partial charge in [-0.3, -0.25) is 9.59 Å². The van der Waals surface area contributed by atoms with Crippen LogP contribution in [0.15, 0.2) is 0 Å². The smallest absolute Gasteiger partial charge is 0.311 e. The van der Waals surface area contributed by atoms with Gasteiger partial charge < -0.3 is 9.84 Å². The minimum atomic E-state index is -0.703. The first-order valence-corrected chi connectivity index (χ1v) is 7.91. The SMILES string of the molecule is COC(=O)C1(CCCCCCCCC(=O)O)CCCC1. The normalized spacial score (nSPS) is 17.1. The minimum absolute atomic E-state index is 0.0172. The molecule has 1 N–H and O–H groups in total. The monoisotopic (exact) mass is 284 g/mol. The predicted octanol–water partition coefficient (Wildman–Crippen LogP) is 3.93. The van der Waals surface area contributed by atoms with Gasteiger partial charge in [-0.15, -0.1) is 0 Å². The maximum absolute atomic E-state index is 11.9. The number of methoxy groups -OCH3 is 1. The summed E-state index contributed by atoms with van der Waals surface area (Å²) in [5.41, 5.74) is -0.196. The summed E-state index contributed by atoms with van der Waals surface area (Å²) in [5.74, 6) is -0.720. The highest BCUT2D eigenvalue weighted by Gasteiger charge is 2.41. The zero-order valence-corrected chi connectivity index (χ0v) is 12.7. The molecule has 0 amide bonds. The maximum atomic E-state index is 11.9. The van der Waals surface area contributed by atoms with Crippen LogP contribution < -0.4 is 0 Å². The molecule has 1 rings (SSSR count). The summed E-state index contributed by atoms with van der Waals surface area (Å²) in [6.07, 6.45) is 11.7. The lowest BCUT2D eigenvalue weighted by Gasteiger charge is -2.25. The summed E-state index contributed by atoms with van der Waals surface area (Å²) in [7, 11) is 1.49. The molecule has 0 aromatic carbocycles. The summed E-state index contributed by atoms with van der Waals surface area (Å²) in [5, 5.41) is 8.54. The van der Waals surface area contributed by atoms with E-state index in [2.05, 4.69) is 0 Å². The number of carboxylic acid groups (broad SMARTS) is 1. The van der Waals surface area contributed by atoms with Crippen molar-refractivity contribution in [2.75, 3.05) is 7.11 Å². The molecule has 0 unspecified atom stereocenters. The Morgan fingerprint density at radius 2 is 1.55 bits per heavy atom. The van der Waals surface area contributed by atoms with E-state index in [0.717, 1.165) is 70.6 Å². The lowest BCUT2D eigenvalue weighted by Crippen LogP contribution is -2.29. The van der Waals surface area contributed by atoms with Gasteiger partial charge in [0.1, 0.15) is 0 Å². The van der Waals surface area contributed by atoms with Crippen molar-refractivity contribution in [3.8, 4) is 0 Å². The number of ether oxygens (including phenoxy) is 1. The van der Waals surface area contributed by atoms with Gasteiger partial charge in [-0.1, -0.05) is 44.9 Å². The second-order valence-electron chi connectivity index (χ2n) is 5.99. The highest BCUT2D eigenvalue weighted by atomic mass is 16.5. The van der Waals surface area contributed by atoms with Gasteiger partial charge >= 0.3 is 11.9 Å². The fourth-order valence-corrected chi connectivity index (χ4v) is 3.27. The van der Waals surface area contributed by atoms with Crippen LogP contribution in [0.3, 0.4) is 0 Å². The van der Waals surface area contributed by atoms with Crippen LogP contribution in [0.5, 0.6) is 0 Å². The average molecular weight is 284 g/mol. The number of carbonyl (C=O) groups is 2. The number of carbonyl (C=O) groups excluding carboxylic acids is 1. The van der Waals surface area contributed by atoms with E-state index in [1.807, 2.05) is 0 Å². The van der Waals surface area contributed by atoms with Crippen LogP contribution >= 0.6 is 0 Å². The largest absolute Gasteiger partial charge is 0.481 e. The molecule has 0 bridgehead atoms. The van der Waals surface area contributed by atoms with Crippen LogP contribution in [-0.2, 0) is 14.3 Å². The number of unbranched alkanes of at least 4 members (excludes halogenated alkanes) is 5. The molecular weight excluding hydrogens is 256 g/mol. The van der Waals surface area contributed by atoms with Crippen molar-refractivity contribution >= 4 is 11.9 Å². The highest BCUT2D eigenvalue weighted by molar-refractivity contribution is 5.77. The Bertz CT molecular complexity index is 306. The third-order valence-corrected chi connectivity index (χ3v) is 4.48. The third kappa shape index (κ3) is 5.51. The van der Waals surface area contributed by atoms with Crippen molar-refractivity contribution < 1.29 is 19.4 Å². The van der Waals surface area contributed by atoms with E-state index in [9.17, 15) is 9.59 Å². The lowest BCUT2D eigenvalue weighted by molar-refractivity contribution is -0.153. The number of rotatable bonds is 10. The summed E-state index contributed by atoms with van der Waals surface area (Å²) < 4.78 is 4.98. The first kappa shape index (κ1) is 17.0. The topological polar surface area (TPSA) is 63.6 Å². The van der Waals surface area contributed by atoms with Crippen molar-refractivity contribution in [3.63, 3.8) is 0 Å². The fourth-order valence-electron chi connectivity index (χ4n) is 3.27. The van der Waals surface area contributed by atoms with E-state index in [4.69, 9.17) is 9.84 Å². The number of hydrogen-bond donors (Lipinski definition) is 1. The second kappa shape index (κ2) is 8.98. The van der Waals surface area contributed by atoms with Crippen LogP contribution in [0.25, 0.3) is 0 Å². The molecule has 20 heavy (non-hydrogen) atoms. The van der Waals surface area contributed by atoms with Crippen LogP contribution in [0.1, 0.15) is 77.0 Å². The first-order valence-electron chi connectivity index (χ1n) is 7.91. The molecule has 0 spiro atoms. The Morgan fingerprint density at radius 1 is 1.00 bits per heavy atom. The van der Waals surface area contributed by atoms with Gasteiger partial charge in [0.25, 0.3) is 0 Å². The summed E-state index contributed by atoms with van der Waals surface area (Å²) >= 11 is 0. The Hall–Kier alpha value is -1.06. The molecule has 0 atom stereocenters. The molecule has 4 nitrogen and oxygen atoms in total. The van der Waals surface area contributed by atoms with Gasteiger partial charge in [0, 0.05) is 6.42 Å². The molecule has 0 aromatic rings. The zero-order chi connectivity index (χ0) is 14.8. The quantitative estimate of drug-likeness (QED) is 0.488. The summed E-state index contributed by atoms with van der Waals surface area (Å²) in [4.78, 5) is 22.3. The number of carboxylic acids is 1. The third-order valence-electron chi connectivity index (χ3n) is 4.48. The van der Waals surface area contributed by atoms with Crippen LogP contribution in [0.2, 0.25) is 0 Å². The Kier molecular flexibility index (Phi) is 7.63. The number of aliphatic carboxylic acids is 1. The Balaban J connectivity index is 2.10.